The predicted octanol–water partition coefficient (Wildman–Crippen LogP) is 2.57. The number of aliphatic hydroxyl groups excluding tert-OH is 1. The summed E-state index contributed by atoms with van der Waals surface area (Å²) in [7, 11) is 0. The summed E-state index contributed by atoms with van der Waals surface area (Å²) in [4.78, 5) is 28.3. The number of aryl methyl sites for hydroxylation is 1. The van der Waals surface area contributed by atoms with E-state index in [1.165, 1.54) is 28.8 Å². The Bertz CT molecular complexity index is 1380. The third-order valence-electron chi connectivity index (χ3n) is 5.71. The first-order valence-electron chi connectivity index (χ1n) is 10.7. The van der Waals surface area contributed by atoms with Crippen molar-refractivity contribution in [2.45, 2.75) is 19.1 Å². The Morgan fingerprint density at radius 1 is 1.06 bits per heavy atom. The van der Waals surface area contributed by atoms with Gasteiger partial charge in [0.25, 0.3) is 11.2 Å². The Morgan fingerprint density at radius 2 is 1.74 bits per heavy atom. The van der Waals surface area contributed by atoms with E-state index >= 15 is 0 Å². The summed E-state index contributed by atoms with van der Waals surface area (Å²) in [5, 5.41) is 35.3. The standard InChI is InChI=1S/C25H24N4O5/c1-17-6-10-19(11-7-17)28-23(27-22-5-3-2-4-21(22)24(28)31)14-26-15-25(32,16-30)18-8-12-20(13-9-18)29(33)34/h2-13,26,30,32H,14-16H2,1H3/t25-/m0/s1. The number of nitro groups is 1. The molecule has 1 heterocycles. The van der Waals surface area contributed by atoms with Crippen LogP contribution in [0.3, 0.4) is 0 Å². The summed E-state index contributed by atoms with van der Waals surface area (Å²) >= 11 is 0. The molecule has 4 aromatic rings. The molecule has 1 aromatic heterocycles. The average Bonchev–Trinajstić information content (AvgIpc) is 2.85. The predicted molar refractivity (Wildman–Crippen MR) is 128 cm³/mol. The van der Waals surface area contributed by atoms with Crippen LogP contribution in [0, 0.1) is 17.0 Å². The molecule has 0 saturated carbocycles. The minimum absolute atomic E-state index is 0.0715. The van der Waals surface area contributed by atoms with Gasteiger partial charge in [0, 0.05) is 18.7 Å². The van der Waals surface area contributed by atoms with Crippen LogP contribution >= 0.6 is 0 Å². The normalized spacial score (nSPS) is 13.0. The van der Waals surface area contributed by atoms with E-state index in [0.717, 1.165) is 5.56 Å². The van der Waals surface area contributed by atoms with Crippen LogP contribution in [0.15, 0.2) is 77.6 Å². The topological polar surface area (TPSA) is 131 Å². The second-order valence-corrected chi connectivity index (χ2v) is 8.12. The van der Waals surface area contributed by atoms with Gasteiger partial charge < -0.3 is 15.5 Å². The Hall–Kier alpha value is -3.92. The molecule has 3 N–H and O–H groups in total. The zero-order valence-corrected chi connectivity index (χ0v) is 18.5. The van der Waals surface area contributed by atoms with Crippen LogP contribution in [0.25, 0.3) is 16.6 Å². The van der Waals surface area contributed by atoms with Gasteiger partial charge in [-0.25, -0.2) is 4.98 Å². The van der Waals surface area contributed by atoms with Crippen molar-refractivity contribution in [3.8, 4) is 5.69 Å². The van der Waals surface area contributed by atoms with Crippen LogP contribution in [-0.2, 0) is 12.1 Å². The Morgan fingerprint density at radius 3 is 2.38 bits per heavy atom. The average molecular weight is 460 g/mol. The number of nitrogens with one attached hydrogen (secondary N) is 1. The van der Waals surface area contributed by atoms with Crippen LogP contribution in [0.1, 0.15) is 17.0 Å². The van der Waals surface area contributed by atoms with Gasteiger partial charge in [-0.2, -0.15) is 0 Å². The molecule has 0 fully saturated rings. The molecule has 3 aromatic carbocycles. The van der Waals surface area contributed by atoms with Gasteiger partial charge in [-0.3, -0.25) is 19.5 Å². The molecule has 9 heteroatoms. The van der Waals surface area contributed by atoms with Crippen molar-refractivity contribution in [3.63, 3.8) is 0 Å². The quantitative estimate of drug-likeness (QED) is 0.272. The van der Waals surface area contributed by atoms with Gasteiger partial charge in [-0.05, 0) is 48.9 Å². The molecule has 0 unspecified atom stereocenters. The van der Waals surface area contributed by atoms with Gasteiger partial charge in [0.1, 0.15) is 11.4 Å². The summed E-state index contributed by atoms with van der Waals surface area (Å²) in [6.07, 6.45) is 0. The molecule has 0 amide bonds. The highest BCUT2D eigenvalue weighted by Crippen LogP contribution is 2.23. The van der Waals surface area contributed by atoms with Crippen LogP contribution in [0.5, 0.6) is 0 Å². The van der Waals surface area contributed by atoms with E-state index in [9.17, 15) is 25.1 Å². The summed E-state index contributed by atoms with van der Waals surface area (Å²) in [5.41, 5.74) is 0.607. The number of benzene rings is 3. The van der Waals surface area contributed by atoms with Crippen molar-refractivity contribution in [2.24, 2.45) is 0 Å². The van der Waals surface area contributed by atoms with Crippen molar-refractivity contribution in [3.05, 3.63) is 110 Å². The van der Waals surface area contributed by atoms with Crippen molar-refractivity contribution in [1.29, 1.82) is 0 Å². The van der Waals surface area contributed by atoms with Crippen LogP contribution < -0.4 is 10.9 Å². The molecule has 0 aliphatic heterocycles. The number of para-hydroxylation sites is 1. The second kappa shape index (κ2) is 9.52. The molecular weight excluding hydrogens is 436 g/mol. The second-order valence-electron chi connectivity index (χ2n) is 8.12. The lowest BCUT2D eigenvalue weighted by molar-refractivity contribution is -0.384. The molecule has 0 bridgehead atoms. The van der Waals surface area contributed by atoms with Crippen molar-refractivity contribution in [1.82, 2.24) is 14.9 Å². The number of non-ortho nitro benzene ring substituents is 1. The molecule has 0 saturated heterocycles. The zero-order chi connectivity index (χ0) is 24.3. The number of fused-ring (bicyclic) bond motifs is 1. The number of hydrogen-bond donors (Lipinski definition) is 3. The molecule has 0 spiro atoms. The molecule has 174 valence electrons. The van der Waals surface area contributed by atoms with Crippen molar-refractivity contribution < 1.29 is 15.1 Å². The fourth-order valence-corrected chi connectivity index (χ4v) is 3.78. The highest BCUT2D eigenvalue weighted by Gasteiger charge is 2.29. The van der Waals surface area contributed by atoms with E-state index in [1.807, 2.05) is 31.2 Å². The number of aromatic nitrogens is 2. The maximum atomic E-state index is 13.3. The first-order chi connectivity index (χ1) is 16.3. The number of rotatable bonds is 8. The summed E-state index contributed by atoms with van der Waals surface area (Å²) in [5.74, 6) is 0.441. The minimum atomic E-state index is -1.68. The highest BCUT2D eigenvalue weighted by atomic mass is 16.6. The third kappa shape index (κ3) is 4.58. The zero-order valence-electron chi connectivity index (χ0n) is 18.5. The van der Waals surface area contributed by atoms with Gasteiger partial charge in [0.05, 0.1) is 34.7 Å². The molecule has 0 aliphatic carbocycles. The molecule has 4 rings (SSSR count). The van der Waals surface area contributed by atoms with E-state index in [1.54, 1.807) is 24.3 Å². The molecule has 0 radical (unpaired) electrons. The lowest BCUT2D eigenvalue weighted by Gasteiger charge is -2.27. The van der Waals surface area contributed by atoms with E-state index in [0.29, 0.717) is 28.0 Å². The molecular formula is C25H24N4O5. The first-order valence-corrected chi connectivity index (χ1v) is 10.7. The lowest BCUT2D eigenvalue weighted by Crippen LogP contribution is -2.41. The fourth-order valence-electron chi connectivity index (χ4n) is 3.78. The Labute approximate surface area is 195 Å². The first kappa shape index (κ1) is 23.2. The van der Waals surface area contributed by atoms with Crippen LogP contribution in [0.2, 0.25) is 0 Å². The van der Waals surface area contributed by atoms with Gasteiger partial charge in [-0.15, -0.1) is 0 Å². The van der Waals surface area contributed by atoms with E-state index in [4.69, 9.17) is 0 Å². The van der Waals surface area contributed by atoms with E-state index < -0.39 is 17.1 Å². The lowest BCUT2D eigenvalue weighted by atomic mass is 9.94. The number of aliphatic hydroxyl groups is 2. The highest BCUT2D eigenvalue weighted by molar-refractivity contribution is 5.77. The molecule has 0 aliphatic rings. The van der Waals surface area contributed by atoms with Gasteiger partial charge >= 0.3 is 0 Å². The molecule has 9 nitrogen and oxygen atoms in total. The number of nitrogens with zero attached hydrogens (tertiary/aromatic N) is 3. The van der Waals surface area contributed by atoms with Gasteiger partial charge in [0.2, 0.25) is 0 Å². The molecule has 34 heavy (non-hydrogen) atoms. The summed E-state index contributed by atoms with van der Waals surface area (Å²) in [6.45, 7) is 1.41. The van der Waals surface area contributed by atoms with Gasteiger partial charge in [-0.1, -0.05) is 29.8 Å². The third-order valence-corrected chi connectivity index (χ3v) is 5.71. The van der Waals surface area contributed by atoms with Crippen molar-refractivity contribution in [2.75, 3.05) is 13.2 Å². The van der Waals surface area contributed by atoms with E-state index in [2.05, 4.69) is 10.3 Å². The molecule has 1 atom stereocenters. The van der Waals surface area contributed by atoms with Gasteiger partial charge in [0.15, 0.2) is 0 Å². The number of hydrogen-bond acceptors (Lipinski definition) is 7. The maximum absolute atomic E-state index is 13.3. The van der Waals surface area contributed by atoms with E-state index in [-0.39, 0.29) is 24.3 Å². The minimum Gasteiger partial charge on any atom is -0.393 e. The SMILES string of the molecule is Cc1ccc(-n2c(CNC[C@](O)(CO)c3ccc([N+](=O)[O-])cc3)nc3ccccc3c2=O)cc1. The Balaban J connectivity index is 1.64. The summed E-state index contributed by atoms with van der Waals surface area (Å²) < 4.78 is 1.53. The van der Waals surface area contributed by atoms with Crippen LogP contribution in [-0.4, -0.2) is 37.8 Å². The number of nitro benzene ring substituents is 1. The Kier molecular flexibility index (Phi) is 6.51. The largest absolute Gasteiger partial charge is 0.393 e. The monoisotopic (exact) mass is 460 g/mol. The van der Waals surface area contributed by atoms with Crippen LogP contribution in [0.4, 0.5) is 5.69 Å². The fraction of sp³-hybridized carbons (Fsp3) is 0.200. The smallest absolute Gasteiger partial charge is 0.269 e. The summed E-state index contributed by atoms with van der Waals surface area (Å²) in [6, 6.07) is 20.0. The maximum Gasteiger partial charge on any atom is 0.269 e. The van der Waals surface area contributed by atoms with Crippen molar-refractivity contribution >= 4 is 16.6 Å².